The van der Waals surface area contributed by atoms with Gasteiger partial charge in [0.1, 0.15) is 0 Å². The second-order valence-corrected chi connectivity index (χ2v) is 3.86. The average Bonchev–Trinajstić information content (AvgIpc) is 2.76. The number of aryl methyl sites for hydroxylation is 1. The molecule has 0 spiro atoms. The second kappa shape index (κ2) is 4.00. The first-order valence-corrected chi connectivity index (χ1v) is 5.07. The quantitative estimate of drug-likeness (QED) is 0.792. The van der Waals surface area contributed by atoms with Gasteiger partial charge in [0.05, 0.1) is 24.0 Å². The van der Waals surface area contributed by atoms with E-state index in [1.54, 1.807) is 11.8 Å². The van der Waals surface area contributed by atoms with Crippen molar-refractivity contribution in [3.8, 4) is 0 Å². The van der Waals surface area contributed by atoms with E-state index in [9.17, 15) is 0 Å². The van der Waals surface area contributed by atoms with Gasteiger partial charge in [0.25, 0.3) is 0 Å². The van der Waals surface area contributed by atoms with E-state index in [0.717, 1.165) is 12.1 Å². The second-order valence-electron chi connectivity index (χ2n) is 3.86. The van der Waals surface area contributed by atoms with Gasteiger partial charge in [-0.25, -0.2) is 0 Å². The summed E-state index contributed by atoms with van der Waals surface area (Å²) in [5.41, 5.74) is 1.08. The van der Waals surface area contributed by atoms with Gasteiger partial charge in [-0.3, -0.25) is 4.68 Å². The molecule has 1 aromatic heterocycles. The Kier molecular flexibility index (Phi) is 2.72. The number of hydrogen-bond acceptors (Lipinski definition) is 3. The van der Waals surface area contributed by atoms with E-state index < -0.39 is 0 Å². The third-order valence-electron chi connectivity index (χ3n) is 2.81. The van der Waals surface area contributed by atoms with Crippen LogP contribution in [0.5, 0.6) is 0 Å². The van der Waals surface area contributed by atoms with Gasteiger partial charge in [-0.2, -0.15) is 5.10 Å². The van der Waals surface area contributed by atoms with Crippen molar-refractivity contribution in [3.05, 3.63) is 12.4 Å². The Bertz CT molecular complexity index is 297. The van der Waals surface area contributed by atoms with E-state index in [4.69, 9.17) is 4.74 Å². The van der Waals surface area contributed by atoms with Gasteiger partial charge in [-0.1, -0.05) is 0 Å². The molecule has 1 aliphatic rings. The fourth-order valence-electron chi connectivity index (χ4n) is 2.08. The Hall–Kier alpha value is -1.03. The Morgan fingerprint density at radius 3 is 3.07 bits per heavy atom. The molecular formula is C10H17N3O. The molecule has 1 fully saturated rings. The molecule has 2 unspecified atom stereocenters. The zero-order valence-electron chi connectivity index (χ0n) is 8.73. The third-order valence-corrected chi connectivity index (χ3v) is 2.81. The Balaban J connectivity index is 1.96. The van der Waals surface area contributed by atoms with E-state index in [1.165, 1.54) is 12.8 Å². The molecule has 1 N–H and O–H groups in total. The highest BCUT2D eigenvalue weighted by Crippen LogP contribution is 2.24. The summed E-state index contributed by atoms with van der Waals surface area (Å²) in [7, 11) is 3.71. The number of anilines is 1. The standard InChI is InChI=1S/C10H17N3O/c1-13-7-8(6-11-13)12-9-4-3-5-10(9)14-2/h6-7,9-10,12H,3-5H2,1-2H3. The molecule has 0 aliphatic heterocycles. The predicted molar refractivity (Wildman–Crippen MR) is 55.3 cm³/mol. The zero-order valence-corrected chi connectivity index (χ0v) is 8.73. The SMILES string of the molecule is COC1CCCC1Nc1cnn(C)c1. The Labute approximate surface area is 84.3 Å². The first-order valence-electron chi connectivity index (χ1n) is 5.07. The number of nitrogens with zero attached hydrogens (tertiary/aromatic N) is 2. The maximum atomic E-state index is 5.41. The van der Waals surface area contributed by atoms with Gasteiger partial charge < -0.3 is 10.1 Å². The van der Waals surface area contributed by atoms with Crippen LogP contribution in [0.4, 0.5) is 5.69 Å². The lowest BCUT2D eigenvalue weighted by Gasteiger charge is -2.19. The van der Waals surface area contributed by atoms with E-state index >= 15 is 0 Å². The molecule has 0 saturated heterocycles. The molecule has 1 aromatic rings. The van der Waals surface area contributed by atoms with Crippen LogP contribution < -0.4 is 5.32 Å². The fraction of sp³-hybridized carbons (Fsp3) is 0.700. The van der Waals surface area contributed by atoms with E-state index in [-0.39, 0.29) is 0 Å². The summed E-state index contributed by atoms with van der Waals surface area (Å²) in [4.78, 5) is 0. The lowest BCUT2D eigenvalue weighted by molar-refractivity contribution is 0.101. The summed E-state index contributed by atoms with van der Waals surface area (Å²) in [6, 6.07) is 0.448. The molecule has 0 amide bonds. The number of aromatic nitrogens is 2. The van der Waals surface area contributed by atoms with E-state index in [1.807, 2.05) is 19.4 Å². The fourth-order valence-corrected chi connectivity index (χ4v) is 2.08. The Morgan fingerprint density at radius 2 is 2.43 bits per heavy atom. The number of methoxy groups -OCH3 is 1. The number of rotatable bonds is 3. The maximum Gasteiger partial charge on any atom is 0.0772 e. The van der Waals surface area contributed by atoms with Crippen LogP contribution in [0.2, 0.25) is 0 Å². The molecule has 0 radical (unpaired) electrons. The highest BCUT2D eigenvalue weighted by molar-refractivity contribution is 5.39. The van der Waals surface area contributed by atoms with Crippen molar-refractivity contribution in [2.75, 3.05) is 12.4 Å². The van der Waals surface area contributed by atoms with E-state index in [0.29, 0.717) is 12.1 Å². The van der Waals surface area contributed by atoms with Gasteiger partial charge >= 0.3 is 0 Å². The van der Waals surface area contributed by atoms with Crippen molar-refractivity contribution in [1.82, 2.24) is 9.78 Å². The van der Waals surface area contributed by atoms with Crippen LogP contribution in [0.3, 0.4) is 0 Å². The maximum absolute atomic E-state index is 5.41. The highest BCUT2D eigenvalue weighted by atomic mass is 16.5. The van der Waals surface area contributed by atoms with Crippen molar-refractivity contribution >= 4 is 5.69 Å². The summed E-state index contributed by atoms with van der Waals surface area (Å²) in [6.45, 7) is 0. The molecule has 0 aromatic carbocycles. The summed E-state index contributed by atoms with van der Waals surface area (Å²) in [5.74, 6) is 0. The Morgan fingerprint density at radius 1 is 1.57 bits per heavy atom. The minimum absolute atomic E-state index is 0.357. The molecule has 1 aliphatic carbocycles. The van der Waals surface area contributed by atoms with Crippen LogP contribution in [0.25, 0.3) is 0 Å². The summed E-state index contributed by atoms with van der Waals surface area (Å²) >= 11 is 0. The van der Waals surface area contributed by atoms with E-state index in [2.05, 4.69) is 10.4 Å². The van der Waals surface area contributed by atoms with Gasteiger partial charge in [-0.15, -0.1) is 0 Å². The smallest absolute Gasteiger partial charge is 0.0772 e. The number of ether oxygens (including phenoxy) is 1. The normalized spacial score (nSPS) is 26.7. The van der Waals surface area contributed by atoms with Crippen LogP contribution in [0.1, 0.15) is 19.3 Å². The molecule has 2 atom stereocenters. The van der Waals surface area contributed by atoms with Crippen molar-refractivity contribution in [1.29, 1.82) is 0 Å². The predicted octanol–water partition coefficient (Wildman–Crippen LogP) is 1.40. The van der Waals surface area contributed by atoms with Gasteiger partial charge in [0.15, 0.2) is 0 Å². The lowest BCUT2D eigenvalue weighted by atomic mass is 10.2. The van der Waals surface area contributed by atoms with Gasteiger partial charge in [0, 0.05) is 20.4 Å². The van der Waals surface area contributed by atoms with Crippen LogP contribution >= 0.6 is 0 Å². The summed E-state index contributed by atoms with van der Waals surface area (Å²) in [5, 5.41) is 7.58. The van der Waals surface area contributed by atoms with Gasteiger partial charge in [-0.05, 0) is 19.3 Å². The van der Waals surface area contributed by atoms with Crippen molar-refractivity contribution in [3.63, 3.8) is 0 Å². The number of hydrogen-bond donors (Lipinski definition) is 1. The first-order chi connectivity index (χ1) is 6.79. The molecule has 0 bridgehead atoms. The first kappa shape index (κ1) is 9.52. The topological polar surface area (TPSA) is 39.1 Å². The molecule has 1 saturated carbocycles. The summed E-state index contributed by atoms with van der Waals surface area (Å²) in [6.07, 6.45) is 7.80. The highest BCUT2D eigenvalue weighted by Gasteiger charge is 2.26. The van der Waals surface area contributed by atoms with Crippen molar-refractivity contribution in [2.24, 2.45) is 7.05 Å². The van der Waals surface area contributed by atoms with Crippen LogP contribution in [0, 0.1) is 0 Å². The third kappa shape index (κ3) is 1.90. The molecule has 4 heteroatoms. The zero-order chi connectivity index (χ0) is 9.97. The monoisotopic (exact) mass is 195 g/mol. The van der Waals surface area contributed by atoms with Crippen LogP contribution in [-0.4, -0.2) is 29.0 Å². The molecule has 2 rings (SSSR count). The molecule has 1 heterocycles. The van der Waals surface area contributed by atoms with Crippen molar-refractivity contribution in [2.45, 2.75) is 31.4 Å². The minimum Gasteiger partial charge on any atom is -0.379 e. The average molecular weight is 195 g/mol. The van der Waals surface area contributed by atoms with Crippen LogP contribution in [0.15, 0.2) is 12.4 Å². The largest absolute Gasteiger partial charge is 0.379 e. The van der Waals surface area contributed by atoms with Crippen molar-refractivity contribution < 1.29 is 4.74 Å². The molecule has 78 valence electrons. The summed E-state index contributed by atoms with van der Waals surface area (Å²) < 4.78 is 7.22. The number of nitrogens with one attached hydrogen (secondary N) is 1. The lowest BCUT2D eigenvalue weighted by Crippen LogP contribution is -2.29. The van der Waals surface area contributed by atoms with Gasteiger partial charge in [0.2, 0.25) is 0 Å². The van der Waals surface area contributed by atoms with Crippen LogP contribution in [-0.2, 0) is 11.8 Å². The molecule has 14 heavy (non-hydrogen) atoms. The molecule has 4 nitrogen and oxygen atoms in total. The minimum atomic E-state index is 0.357. The molecular weight excluding hydrogens is 178 g/mol.